The minimum absolute atomic E-state index is 0.285. The van der Waals surface area contributed by atoms with Gasteiger partial charge in [-0.25, -0.2) is 0 Å². The molecule has 3 aromatic rings. The molecule has 4 heteroatoms. The Hall–Kier alpha value is -1.69. The molecule has 2 aromatic carbocycles. The zero-order valence-electron chi connectivity index (χ0n) is 12.4. The lowest BCUT2D eigenvalue weighted by Crippen LogP contribution is -1.88. The normalized spacial score (nSPS) is 12.3. The van der Waals surface area contributed by atoms with Crippen molar-refractivity contribution in [1.82, 2.24) is 10.2 Å². The van der Waals surface area contributed by atoms with E-state index in [9.17, 15) is 0 Å². The average Bonchev–Trinajstić information content (AvgIpc) is 3.06. The van der Waals surface area contributed by atoms with Crippen LogP contribution in [-0.2, 0) is 0 Å². The standard InChI is InChI=1S/C18H17IN2O/c1-2-6-16(19)18-21-20-17(22-18)15-11-9-14(10-12-15)13-7-4-3-5-8-13/h3-5,7-12,16H,2,6H2,1H3. The van der Waals surface area contributed by atoms with Crippen molar-refractivity contribution in [3.8, 4) is 22.6 Å². The first kappa shape index (κ1) is 15.2. The quantitative estimate of drug-likeness (QED) is 0.406. The first-order valence-corrected chi connectivity index (χ1v) is 8.66. The lowest BCUT2D eigenvalue weighted by atomic mass is 10.0. The molecule has 0 amide bonds. The van der Waals surface area contributed by atoms with E-state index < -0.39 is 0 Å². The fraction of sp³-hybridized carbons (Fsp3) is 0.222. The summed E-state index contributed by atoms with van der Waals surface area (Å²) in [6.07, 6.45) is 2.16. The summed E-state index contributed by atoms with van der Waals surface area (Å²) in [6.45, 7) is 2.16. The van der Waals surface area contributed by atoms with E-state index in [0.717, 1.165) is 18.4 Å². The number of hydrogen-bond donors (Lipinski definition) is 0. The number of aromatic nitrogens is 2. The van der Waals surface area contributed by atoms with Gasteiger partial charge >= 0.3 is 0 Å². The number of rotatable bonds is 5. The molecule has 0 aliphatic heterocycles. The highest BCUT2D eigenvalue weighted by Gasteiger charge is 2.15. The summed E-state index contributed by atoms with van der Waals surface area (Å²) in [6, 6.07) is 18.5. The largest absolute Gasteiger partial charge is 0.420 e. The van der Waals surface area contributed by atoms with Crippen molar-refractivity contribution in [3.63, 3.8) is 0 Å². The topological polar surface area (TPSA) is 38.9 Å². The van der Waals surface area contributed by atoms with E-state index in [1.54, 1.807) is 0 Å². The predicted octanol–water partition coefficient (Wildman–Crippen LogP) is 5.68. The Kier molecular flexibility index (Phi) is 4.87. The van der Waals surface area contributed by atoms with Gasteiger partial charge < -0.3 is 4.42 Å². The van der Waals surface area contributed by atoms with Crippen LogP contribution in [0.4, 0.5) is 0 Å². The van der Waals surface area contributed by atoms with E-state index in [0.29, 0.717) is 11.8 Å². The Balaban J connectivity index is 1.81. The highest BCUT2D eigenvalue weighted by molar-refractivity contribution is 14.1. The van der Waals surface area contributed by atoms with Crippen LogP contribution in [0.15, 0.2) is 59.0 Å². The van der Waals surface area contributed by atoms with Crippen LogP contribution in [-0.4, -0.2) is 10.2 Å². The Morgan fingerprint density at radius 3 is 2.23 bits per heavy atom. The van der Waals surface area contributed by atoms with Gasteiger partial charge in [-0.05, 0) is 29.7 Å². The highest BCUT2D eigenvalue weighted by Crippen LogP contribution is 2.30. The van der Waals surface area contributed by atoms with Crippen LogP contribution >= 0.6 is 22.6 Å². The molecule has 0 aliphatic rings. The second-order valence-electron chi connectivity index (χ2n) is 5.15. The Morgan fingerprint density at radius 2 is 1.55 bits per heavy atom. The molecule has 112 valence electrons. The number of halogens is 1. The first-order chi connectivity index (χ1) is 10.8. The Labute approximate surface area is 143 Å². The molecule has 0 N–H and O–H groups in total. The molecule has 1 heterocycles. The SMILES string of the molecule is CCCC(I)c1nnc(-c2ccc(-c3ccccc3)cc2)o1. The molecule has 0 bridgehead atoms. The summed E-state index contributed by atoms with van der Waals surface area (Å²) in [4.78, 5) is 0. The van der Waals surface area contributed by atoms with Gasteiger partial charge in [-0.15, -0.1) is 10.2 Å². The Morgan fingerprint density at radius 1 is 0.909 bits per heavy atom. The summed E-state index contributed by atoms with van der Waals surface area (Å²) in [5, 5.41) is 8.34. The summed E-state index contributed by atoms with van der Waals surface area (Å²) >= 11 is 2.36. The van der Waals surface area contributed by atoms with Crippen molar-refractivity contribution in [2.45, 2.75) is 23.7 Å². The lowest BCUT2D eigenvalue weighted by molar-refractivity contribution is 0.497. The van der Waals surface area contributed by atoms with Crippen molar-refractivity contribution in [2.75, 3.05) is 0 Å². The van der Waals surface area contributed by atoms with E-state index in [1.165, 1.54) is 11.1 Å². The van der Waals surface area contributed by atoms with Crippen molar-refractivity contribution >= 4 is 22.6 Å². The average molecular weight is 404 g/mol. The van der Waals surface area contributed by atoms with E-state index in [1.807, 2.05) is 30.3 Å². The minimum atomic E-state index is 0.285. The molecule has 3 rings (SSSR count). The van der Waals surface area contributed by atoms with Gasteiger partial charge in [0.05, 0.1) is 3.92 Å². The summed E-state index contributed by atoms with van der Waals surface area (Å²) in [5.74, 6) is 1.30. The van der Waals surface area contributed by atoms with Gasteiger partial charge in [0.2, 0.25) is 11.8 Å². The van der Waals surface area contributed by atoms with Crippen LogP contribution < -0.4 is 0 Å². The second-order valence-corrected chi connectivity index (χ2v) is 6.65. The zero-order chi connectivity index (χ0) is 15.4. The van der Waals surface area contributed by atoms with Crippen LogP contribution in [0.25, 0.3) is 22.6 Å². The molecule has 0 aliphatic carbocycles. The van der Waals surface area contributed by atoms with Gasteiger partial charge in [-0.3, -0.25) is 0 Å². The van der Waals surface area contributed by atoms with Crippen LogP contribution in [0.2, 0.25) is 0 Å². The number of benzene rings is 2. The molecule has 1 atom stereocenters. The monoisotopic (exact) mass is 404 g/mol. The molecular formula is C18H17IN2O. The smallest absolute Gasteiger partial charge is 0.247 e. The van der Waals surface area contributed by atoms with E-state index in [2.05, 4.69) is 64.0 Å². The molecule has 1 unspecified atom stereocenters. The number of alkyl halides is 1. The maximum Gasteiger partial charge on any atom is 0.247 e. The number of nitrogens with zero attached hydrogens (tertiary/aromatic N) is 2. The first-order valence-electron chi connectivity index (χ1n) is 7.41. The fourth-order valence-corrected chi connectivity index (χ4v) is 3.17. The predicted molar refractivity (Wildman–Crippen MR) is 96.8 cm³/mol. The third-order valence-corrected chi connectivity index (χ3v) is 4.65. The minimum Gasteiger partial charge on any atom is -0.420 e. The Bertz CT molecular complexity index is 722. The van der Waals surface area contributed by atoms with Crippen LogP contribution in [0, 0.1) is 0 Å². The van der Waals surface area contributed by atoms with Crippen LogP contribution in [0.1, 0.15) is 29.6 Å². The van der Waals surface area contributed by atoms with Crippen molar-refractivity contribution in [3.05, 3.63) is 60.5 Å². The van der Waals surface area contributed by atoms with Crippen molar-refractivity contribution < 1.29 is 4.42 Å². The molecule has 3 nitrogen and oxygen atoms in total. The van der Waals surface area contributed by atoms with Crippen LogP contribution in [0.5, 0.6) is 0 Å². The van der Waals surface area contributed by atoms with Gasteiger partial charge in [-0.2, -0.15) is 0 Å². The van der Waals surface area contributed by atoms with Crippen LogP contribution in [0.3, 0.4) is 0 Å². The molecule has 22 heavy (non-hydrogen) atoms. The maximum atomic E-state index is 5.80. The molecule has 0 fully saturated rings. The number of hydrogen-bond acceptors (Lipinski definition) is 3. The zero-order valence-corrected chi connectivity index (χ0v) is 14.5. The van der Waals surface area contributed by atoms with Gasteiger partial charge in [0.25, 0.3) is 0 Å². The third-order valence-electron chi connectivity index (χ3n) is 3.49. The van der Waals surface area contributed by atoms with Gasteiger partial charge in [0, 0.05) is 5.56 Å². The maximum absolute atomic E-state index is 5.80. The summed E-state index contributed by atoms with van der Waals surface area (Å²) < 4.78 is 6.08. The second kappa shape index (κ2) is 7.05. The fourth-order valence-electron chi connectivity index (χ4n) is 2.29. The van der Waals surface area contributed by atoms with E-state index in [-0.39, 0.29) is 3.92 Å². The van der Waals surface area contributed by atoms with Crippen molar-refractivity contribution in [2.24, 2.45) is 0 Å². The van der Waals surface area contributed by atoms with E-state index >= 15 is 0 Å². The van der Waals surface area contributed by atoms with Gasteiger partial charge in [0.15, 0.2) is 0 Å². The highest BCUT2D eigenvalue weighted by atomic mass is 127. The molecule has 0 saturated carbocycles. The molecule has 0 spiro atoms. The lowest BCUT2D eigenvalue weighted by Gasteiger charge is -2.02. The van der Waals surface area contributed by atoms with Gasteiger partial charge in [-0.1, -0.05) is 78.4 Å². The van der Waals surface area contributed by atoms with Gasteiger partial charge in [0.1, 0.15) is 0 Å². The third kappa shape index (κ3) is 3.38. The molecule has 1 aromatic heterocycles. The molecular weight excluding hydrogens is 387 g/mol. The molecule has 0 saturated heterocycles. The summed E-state index contributed by atoms with van der Waals surface area (Å²) in [7, 11) is 0. The molecule has 0 radical (unpaired) electrons. The van der Waals surface area contributed by atoms with Crippen molar-refractivity contribution in [1.29, 1.82) is 0 Å². The van der Waals surface area contributed by atoms with E-state index in [4.69, 9.17) is 4.42 Å². The summed E-state index contributed by atoms with van der Waals surface area (Å²) in [5.41, 5.74) is 3.34.